The molecule has 0 saturated carbocycles. The summed E-state index contributed by atoms with van der Waals surface area (Å²) in [7, 11) is 1.46. The fraction of sp³-hybridized carbons (Fsp3) is 0.714. The van der Waals surface area contributed by atoms with Crippen molar-refractivity contribution in [3.05, 3.63) is 17.5 Å². The molecule has 6 nitrogen and oxygen atoms in total. The molecule has 0 aromatic carbocycles. The summed E-state index contributed by atoms with van der Waals surface area (Å²) in [5.41, 5.74) is -0.845. The predicted octanol–water partition coefficient (Wildman–Crippen LogP) is 2.54. The van der Waals surface area contributed by atoms with Crippen LogP contribution in [0.15, 0.2) is 11.2 Å². The molecule has 0 aliphatic rings. The molecule has 0 amide bonds. The second kappa shape index (κ2) is 11.5. The minimum atomic E-state index is -4.48. The lowest BCUT2D eigenvalue weighted by atomic mass is 10.2. The molecule has 0 atom stereocenters. The van der Waals surface area contributed by atoms with Gasteiger partial charge in [0.1, 0.15) is 0 Å². The summed E-state index contributed by atoms with van der Waals surface area (Å²) in [5, 5.41) is 9.53. The van der Waals surface area contributed by atoms with Crippen molar-refractivity contribution < 1.29 is 17.9 Å². The monoisotopic (exact) mass is 463 g/mol. The first kappa shape index (κ1) is 23.0. The lowest BCUT2D eigenvalue weighted by molar-refractivity contribution is -0.142. The Bertz CT molecular complexity index is 505. The van der Waals surface area contributed by atoms with E-state index in [4.69, 9.17) is 4.74 Å². The minimum absolute atomic E-state index is 0. The zero-order chi connectivity index (χ0) is 17.3. The summed E-state index contributed by atoms with van der Waals surface area (Å²) in [6.07, 6.45) is -2.35. The molecule has 1 aromatic heterocycles. The number of aliphatic imine (C=N–C) groups is 1. The van der Waals surface area contributed by atoms with Crippen molar-refractivity contribution in [3.8, 4) is 0 Å². The molecule has 0 aliphatic heterocycles. The van der Waals surface area contributed by atoms with E-state index in [1.165, 1.54) is 13.2 Å². The predicted molar refractivity (Wildman–Crippen MR) is 97.6 cm³/mol. The number of hydrogen-bond acceptors (Lipinski definition) is 3. The van der Waals surface area contributed by atoms with Gasteiger partial charge >= 0.3 is 6.18 Å². The largest absolute Gasteiger partial charge is 0.435 e. The molecule has 2 N–H and O–H groups in total. The first-order chi connectivity index (χ1) is 10.9. The van der Waals surface area contributed by atoms with E-state index in [9.17, 15) is 13.2 Å². The van der Waals surface area contributed by atoms with Gasteiger partial charge in [-0.3, -0.25) is 4.68 Å². The number of ether oxygens (including phenoxy) is 1. The summed E-state index contributed by atoms with van der Waals surface area (Å²) in [5.74, 6) is 0.473. The average Bonchev–Trinajstić information content (AvgIpc) is 2.85. The van der Waals surface area contributed by atoms with Crippen LogP contribution in [0.5, 0.6) is 0 Å². The lowest BCUT2D eigenvalue weighted by Gasteiger charge is -2.11. The van der Waals surface area contributed by atoms with Crippen molar-refractivity contribution in [3.63, 3.8) is 0 Å². The topological polar surface area (TPSA) is 63.5 Å². The molecule has 0 aliphatic carbocycles. The van der Waals surface area contributed by atoms with Crippen molar-refractivity contribution in [2.45, 2.75) is 33.0 Å². The number of guanidine groups is 1. The quantitative estimate of drug-likeness (QED) is 0.269. The Morgan fingerprint density at radius 3 is 2.62 bits per heavy atom. The van der Waals surface area contributed by atoms with E-state index < -0.39 is 11.9 Å². The number of alkyl halides is 3. The Morgan fingerprint density at radius 2 is 2.04 bits per heavy atom. The van der Waals surface area contributed by atoms with Crippen molar-refractivity contribution in [1.29, 1.82) is 0 Å². The van der Waals surface area contributed by atoms with E-state index in [-0.39, 0.29) is 36.1 Å². The molecule has 24 heavy (non-hydrogen) atoms. The van der Waals surface area contributed by atoms with E-state index in [2.05, 4.69) is 20.7 Å². The van der Waals surface area contributed by atoms with Crippen LogP contribution in [-0.4, -0.2) is 42.0 Å². The molecule has 1 rings (SSSR count). The highest BCUT2D eigenvalue weighted by atomic mass is 127. The highest BCUT2D eigenvalue weighted by Gasteiger charge is 2.36. The Morgan fingerprint density at radius 1 is 1.33 bits per heavy atom. The van der Waals surface area contributed by atoms with Crippen LogP contribution in [0.1, 0.15) is 31.5 Å². The molecule has 0 unspecified atom stereocenters. The molecule has 0 bridgehead atoms. The van der Waals surface area contributed by atoms with Gasteiger partial charge in [0.2, 0.25) is 0 Å². The Balaban J connectivity index is 0.00000529. The minimum Gasteiger partial charge on any atom is -0.382 e. The third-order valence-corrected chi connectivity index (χ3v) is 2.89. The number of nitrogens with one attached hydrogen (secondary N) is 2. The van der Waals surface area contributed by atoms with E-state index in [0.29, 0.717) is 32.3 Å². The van der Waals surface area contributed by atoms with E-state index >= 15 is 0 Å². The molecule has 0 radical (unpaired) electrons. The second-order valence-corrected chi connectivity index (χ2v) is 4.85. The fourth-order valence-corrected chi connectivity index (χ4v) is 1.92. The second-order valence-electron chi connectivity index (χ2n) is 4.85. The van der Waals surface area contributed by atoms with Gasteiger partial charge in [-0.25, -0.2) is 4.99 Å². The molecule has 140 valence electrons. The molecule has 1 aromatic rings. The third kappa shape index (κ3) is 8.18. The number of nitrogens with zero attached hydrogens (tertiary/aromatic N) is 3. The van der Waals surface area contributed by atoms with Gasteiger partial charge in [0.15, 0.2) is 11.7 Å². The summed E-state index contributed by atoms with van der Waals surface area (Å²) in [6.45, 7) is 6.26. The number of halogens is 4. The highest BCUT2D eigenvalue weighted by Crippen LogP contribution is 2.30. The summed E-state index contributed by atoms with van der Waals surface area (Å²) in [6, 6.07) is 0. The zero-order valence-corrected chi connectivity index (χ0v) is 16.4. The fourth-order valence-electron chi connectivity index (χ4n) is 1.92. The zero-order valence-electron chi connectivity index (χ0n) is 14.1. The van der Waals surface area contributed by atoms with Gasteiger partial charge < -0.3 is 15.4 Å². The Labute approximate surface area is 157 Å². The van der Waals surface area contributed by atoms with Crippen LogP contribution in [0.3, 0.4) is 0 Å². The van der Waals surface area contributed by atoms with Gasteiger partial charge in [-0.1, -0.05) is 0 Å². The lowest BCUT2D eigenvalue weighted by Crippen LogP contribution is -2.38. The average molecular weight is 463 g/mol. The molecule has 0 spiro atoms. The summed E-state index contributed by atoms with van der Waals surface area (Å²) < 4.78 is 45.0. The van der Waals surface area contributed by atoms with Crippen molar-refractivity contribution >= 4 is 29.9 Å². The van der Waals surface area contributed by atoms with Crippen molar-refractivity contribution in [1.82, 2.24) is 20.4 Å². The van der Waals surface area contributed by atoms with Crippen LogP contribution in [-0.2, 0) is 24.5 Å². The Kier molecular flexibility index (Phi) is 11.0. The first-order valence-electron chi connectivity index (χ1n) is 7.58. The maximum atomic E-state index is 12.9. The van der Waals surface area contributed by atoms with Crippen molar-refractivity contribution in [2.75, 3.05) is 26.3 Å². The van der Waals surface area contributed by atoms with Gasteiger partial charge in [-0.2, -0.15) is 18.3 Å². The summed E-state index contributed by atoms with van der Waals surface area (Å²) >= 11 is 0. The van der Waals surface area contributed by atoms with E-state index in [1.54, 1.807) is 0 Å². The SMILES string of the molecule is CCNC(=NCc1cn(C)nc1C(F)(F)F)NCCCOCC.I. The van der Waals surface area contributed by atoms with Crippen LogP contribution in [0.2, 0.25) is 0 Å². The molecule has 1 heterocycles. The maximum absolute atomic E-state index is 12.9. The van der Waals surface area contributed by atoms with Gasteiger partial charge in [-0.05, 0) is 20.3 Å². The number of rotatable bonds is 8. The summed E-state index contributed by atoms with van der Waals surface area (Å²) in [4.78, 5) is 4.19. The van der Waals surface area contributed by atoms with Gasteiger partial charge in [-0.15, -0.1) is 24.0 Å². The normalized spacial score (nSPS) is 12.0. The van der Waals surface area contributed by atoms with Crippen LogP contribution in [0, 0.1) is 0 Å². The third-order valence-electron chi connectivity index (χ3n) is 2.89. The van der Waals surface area contributed by atoms with E-state index in [1.807, 2.05) is 13.8 Å². The molecule has 0 fully saturated rings. The first-order valence-corrected chi connectivity index (χ1v) is 7.58. The van der Waals surface area contributed by atoms with Crippen molar-refractivity contribution in [2.24, 2.45) is 12.0 Å². The van der Waals surface area contributed by atoms with Gasteiger partial charge in [0, 0.05) is 45.1 Å². The van der Waals surface area contributed by atoms with Crippen LogP contribution < -0.4 is 10.6 Å². The molecule has 0 saturated heterocycles. The van der Waals surface area contributed by atoms with Crippen LogP contribution in [0.25, 0.3) is 0 Å². The van der Waals surface area contributed by atoms with Gasteiger partial charge in [0.05, 0.1) is 6.54 Å². The van der Waals surface area contributed by atoms with Crippen LogP contribution >= 0.6 is 24.0 Å². The smallest absolute Gasteiger partial charge is 0.382 e. The van der Waals surface area contributed by atoms with Gasteiger partial charge in [0.25, 0.3) is 0 Å². The standard InChI is InChI=1S/C14H24F3N5O.HI/c1-4-18-13(19-7-6-8-23-5-2)20-9-11-10-22(3)21-12(11)14(15,16)17;/h10H,4-9H2,1-3H3,(H2,18,19,20);1H. The van der Waals surface area contributed by atoms with Crippen LogP contribution in [0.4, 0.5) is 13.2 Å². The van der Waals surface area contributed by atoms with E-state index in [0.717, 1.165) is 11.1 Å². The number of aromatic nitrogens is 2. The number of hydrogen-bond donors (Lipinski definition) is 2. The maximum Gasteiger partial charge on any atom is 0.435 e. The Hall–Kier alpha value is -1.04. The highest BCUT2D eigenvalue weighted by molar-refractivity contribution is 14.0. The molecule has 10 heteroatoms. The molecular formula is C14H25F3IN5O. The number of aryl methyl sites for hydroxylation is 1. The molecular weight excluding hydrogens is 438 g/mol.